The van der Waals surface area contributed by atoms with E-state index in [0.29, 0.717) is 6.42 Å². The molecular weight excluding hydrogens is 184 g/mol. The molecule has 0 heterocycles. The maximum absolute atomic E-state index is 11.5. The molecule has 1 aliphatic carbocycles. The first kappa shape index (κ1) is 10.5. The van der Waals surface area contributed by atoms with Crippen LogP contribution in [0.1, 0.15) is 13.3 Å². The Balaban J connectivity index is 2.77. The third-order valence-electron chi connectivity index (χ3n) is 1.81. The third-order valence-corrected chi connectivity index (χ3v) is 1.81. The topological polar surface area (TPSA) is 52.6 Å². The molecule has 76 valence electrons. The number of ether oxygens (including phenoxy) is 2. The molecular formula is C10H12O4. The zero-order valence-electron chi connectivity index (χ0n) is 8.20. The highest BCUT2D eigenvalue weighted by molar-refractivity contribution is 6.23. The van der Waals surface area contributed by atoms with Crippen molar-refractivity contribution in [3.05, 3.63) is 23.5 Å². The standard InChI is InChI=1S/C10H12O4/c1-3-14-10(12)7-5-4-6-8(13-2)9(7)11/h5-6H,3-4H2,1-2H3. The molecule has 0 aromatic heterocycles. The molecule has 0 saturated heterocycles. The molecule has 4 heteroatoms. The second-order valence-electron chi connectivity index (χ2n) is 2.68. The fourth-order valence-corrected chi connectivity index (χ4v) is 1.16. The van der Waals surface area contributed by atoms with Crippen LogP contribution in [0.2, 0.25) is 0 Å². The molecule has 1 aliphatic rings. The molecule has 0 aliphatic heterocycles. The Morgan fingerprint density at radius 2 is 2.21 bits per heavy atom. The van der Waals surface area contributed by atoms with Crippen LogP contribution in [0.3, 0.4) is 0 Å². The minimum Gasteiger partial charge on any atom is -0.493 e. The van der Waals surface area contributed by atoms with E-state index in [1.54, 1.807) is 19.1 Å². The quantitative estimate of drug-likeness (QED) is 0.498. The molecule has 0 bridgehead atoms. The second-order valence-corrected chi connectivity index (χ2v) is 2.68. The molecule has 0 atom stereocenters. The molecule has 0 radical (unpaired) electrons. The van der Waals surface area contributed by atoms with Gasteiger partial charge in [-0.1, -0.05) is 6.08 Å². The summed E-state index contributed by atoms with van der Waals surface area (Å²) < 4.78 is 9.56. The Bertz CT molecular complexity index is 312. The Hall–Kier alpha value is -1.58. The summed E-state index contributed by atoms with van der Waals surface area (Å²) in [6.07, 6.45) is 3.69. The van der Waals surface area contributed by atoms with Crippen LogP contribution in [0.15, 0.2) is 23.5 Å². The third kappa shape index (κ3) is 2.02. The molecule has 14 heavy (non-hydrogen) atoms. The zero-order chi connectivity index (χ0) is 10.6. The largest absolute Gasteiger partial charge is 0.493 e. The Labute approximate surface area is 82.2 Å². The van der Waals surface area contributed by atoms with Crippen LogP contribution in [-0.4, -0.2) is 25.5 Å². The first-order valence-electron chi connectivity index (χ1n) is 4.36. The summed E-state index contributed by atoms with van der Waals surface area (Å²) in [7, 11) is 1.40. The van der Waals surface area contributed by atoms with Crippen molar-refractivity contribution >= 4 is 11.8 Å². The zero-order valence-corrected chi connectivity index (χ0v) is 8.20. The van der Waals surface area contributed by atoms with Gasteiger partial charge in [0.25, 0.3) is 0 Å². The van der Waals surface area contributed by atoms with E-state index in [0.717, 1.165) is 0 Å². The van der Waals surface area contributed by atoms with Gasteiger partial charge in [0.15, 0.2) is 5.76 Å². The van der Waals surface area contributed by atoms with E-state index < -0.39 is 11.8 Å². The van der Waals surface area contributed by atoms with Gasteiger partial charge < -0.3 is 9.47 Å². The highest BCUT2D eigenvalue weighted by atomic mass is 16.5. The Morgan fingerprint density at radius 3 is 2.79 bits per heavy atom. The van der Waals surface area contributed by atoms with Crippen LogP contribution in [0.5, 0.6) is 0 Å². The van der Waals surface area contributed by atoms with Gasteiger partial charge >= 0.3 is 5.97 Å². The number of rotatable bonds is 3. The van der Waals surface area contributed by atoms with E-state index >= 15 is 0 Å². The lowest BCUT2D eigenvalue weighted by molar-refractivity contribution is -0.140. The molecule has 0 amide bonds. The van der Waals surface area contributed by atoms with Gasteiger partial charge in [-0.25, -0.2) is 4.79 Å². The minimum absolute atomic E-state index is 0.0613. The first-order chi connectivity index (χ1) is 6.70. The number of ketones is 1. The molecule has 0 aromatic rings. The van der Waals surface area contributed by atoms with Crippen LogP contribution in [0, 0.1) is 0 Å². The van der Waals surface area contributed by atoms with Crippen molar-refractivity contribution in [1.82, 2.24) is 0 Å². The number of methoxy groups -OCH3 is 1. The number of esters is 1. The molecule has 0 N–H and O–H groups in total. The molecule has 0 aromatic carbocycles. The average molecular weight is 196 g/mol. The SMILES string of the molecule is CCOC(=O)C1=CCC=C(OC)C1=O. The van der Waals surface area contributed by atoms with Crippen LogP contribution in [0.25, 0.3) is 0 Å². The molecule has 1 rings (SSSR count). The highest BCUT2D eigenvalue weighted by Crippen LogP contribution is 2.16. The lowest BCUT2D eigenvalue weighted by Crippen LogP contribution is -2.20. The summed E-state index contributed by atoms with van der Waals surface area (Å²) >= 11 is 0. The maximum Gasteiger partial charge on any atom is 0.341 e. The van der Waals surface area contributed by atoms with Gasteiger partial charge in [-0.3, -0.25) is 4.79 Å². The summed E-state index contributed by atoms with van der Waals surface area (Å²) in [5, 5.41) is 0. The van der Waals surface area contributed by atoms with Gasteiger partial charge in [0.2, 0.25) is 5.78 Å². The molecule has 0 saturated carbocycles. The fourth-order valence-electron chi connectivity index (χ4n) is 1.16. The lowest BCUT2D eigenvalue weighted by Gasteiger charge is -2.11. The molecule has 0 spiro atoms. The van der Waals surface area contributed by atoms with Gasteiger partial charge in [-0.15, -0.1) is 0 Å². The molecule has 0 fully saturated rings. The summed E-state index contributed by atoms with van der Waals surface area (Å²) in [6, 6.07) is 0. The van der Waals surface area contributed by atoms with Crippen molar-refractivity contribution in [3.8, 4) is 0 Å². The number of hydrogen-bond donors (Lipinski definition) is 0. The van der Waals surface area contributed by atoms with E-state index in [1.165, 1.54) is 7.11 Å². The van der Waals surface area contributed by atoms with Crippen LogP contribution >= 0.6 is 0 Å². The first-order valence-corrected chi connectivity index (χ1v) is 4.36. The van der Waals surface area contributed by atoms with E-state index in [4.69, 9.17) is 9.47 Å². The van der Waals surface area contributed by atoms with E-state index in [2.05, 4.69) is 0 Å². The number of hydrogen-bond acceptors (Lipinski definition) is 4. The van der Waals surface area contributed by atoms with Crippen molar-refractivity contribution in [3.63, 3.8) is 0 Å². The smallest absolute Gasteiger partial charge is 0.341 e. The predicted octanol–water partition coefficient (Wildman–Crippen LogP) is 0.979. The van der Waals surface area contributed by atoms with Crippen molar-refractivity contribution < 1.29 is 19.1 Å². The highest BCUT2D eigenvalue weighted by Gasteiger charge is 2.25. The summed E-state index contributed by atoms with van der Waals surface area (Å²) in [5.74, 6) is -0.784. The van der Waals surface area contributed by atoms with Crippen LogP contribution in [0.4, 0.5) is 0 Å². The average Bonchev–Trinajstić information content (AvgIpc) is 2.18. The van der Waals surface area contributed by atoms with E-state index in [9.17, 15) is 9.59 Å². The van der Waals surface area contributed by atoms with E-state index in [1.807, 2.05) is 0 Å². The van der Waals surface area contributed by atoms with Crippen LogP contribution < -0.4 is 0 Å². The van der Waals surface area contributed by atoms with Gasteiger partial charge in [0.05, 0.1) is 13.7 Å². The van der Waals surface area contributed by atoms with Crippen molar-refractivity contribution in [1.29, 1.82) is 0 Å². The van der Waals surface area contributed by atoms with Gasteiger partial charge in [0.1, 0.15) is 5.57 Å². The normalized spacial score (nSPS) is 15.7. The summed E-state index contributed by atoms with van der Waals surface area (Å²) in [6.45, 7) is 1.95. The second kappa shape index (κ2) is 4.60. The van der Waals surface area contributed by atoms with Crippen molar-refractivity contribution in [2.24, 2.45) is 0 Å². The summed E-state index contributed by atoms with van der Waals surface area (Å²) in [5.41, 5.74) is 0.0613. The minimum atomic E-state index is -0.583. The lowest BCUT2D eigenvalue weighted by atomic mass is 10.0. The van der Waals surface area contributed by atoms with Gasteiger partial charge in [-0.2, -0.15) is 0 Å². The fraction of sp³-hybridized carbons (Fsp3) is 0.400. The monoisotopic (exact) mass is 196 g/mol. The maximum atomic E-state index is 11.5. The van der Waals surface area contributed by atoms with E-state index in [-0.39, 0.29) is 17.9 Å². The Morgan fingerprint density at radius 1 is 1.50 bits per heavy atom. The van der Waals surface area contributed by atoms with Gasteiger partial charge in [-0.05, 0) is 19.4 Å². The number of carbonyl (C=O) groups excluding carboxylic acids is 2. The molecule has 0 unspecified atom stereocenters. The number of Topliss-reactive ketones (excluding diaryl/α,β-unsaturated/α-hetero) is 1. The van der Waals surface area contributed by atoms with Crippen LogP contribution in [-0.2, 0) is 19.1 Å². The number of carbonyl (C=O) groups is 2. The number of allylic oxidation sites excluding steroid dienone is 3. The summed E-state index contributed by atoms with van der Waals surface area (Å²) in [4.78, 5) is 22.8. The molecule has 4 nitrogen and oxygen atoms in total. The van der Waals surface area contributed by atoms with Crippen molar-refractivity contribution in [2.75, 3.05) is 13.7 Å². The Kier molecular flexibility index (Phi) is 3.45. The van der Waals surface area contributed by atoms with Gasteiger partial charge in [0, 0.05) is 0 Å². The van der Waals surface area contributed by atoms with Crippen molar-refractivity contribution in [2.45, 2.75) is 13.3 Å². The predicted molar refractivity (Wildman–Crippen MR) is 49.4 cm³/mol.